The molecule has 0 fully saturated rings. The van der Waals surface area contributed by atoms with Gasteiger partial charge in [-0.2, -0.15) is 5.10 Å². The van der Waals surface area contributed by atoms with Crippen LogP contribution in [0.1, 0.15) is 48.2 Å². The standard InChI is InChI=1S/C28H34FN7O3/c1-15(2)36-24-13-35(12-19(24)10-31-36)28-16(3)26(25-17(4)34-39-18(25)5)32-27(33-28)22-9-21(7-8-23(22)29)38-14-20(37)11-30-6/h7-10,15,20,30,37H,11-14H2,1-6H3/t20-/m1/s1. The molecule has 0 aliphatic carbocycles. The van der Waals surface area contributed by atoms with Gasteiger partial charge in [0, 0.05) is 30.3 Å². The van der Waals surface area contributed by atoms with Gasteiger partial charge < -0.3 is 24.6 Å². The van der Waals surface area contributed by atoms with Crippen LogP contribution in [0.15, 0.2) is 28.9 Å². The topological polar surface area (TPSA) is 114 Å². The molecule has 39 heavy (non-hydrogen) atoms. The molecule has 0 unspecified atom stereocenters. The number of aromatic nitrogens is 5. The highest BCUT2D eigenvalue weighted by molar-refractivity contribution is 5.75. The Morgan fingerprint density at radius 2 is 1.97 bits per heavy atom. The van der Waals surface area contributed by atoms with Gasteiger partial charge in [0.25, 0.3) is 0 Å². The van der Waals surface area contributed by atoms with E-state index in [2.05, 4.69) is 34.3 Å². The van der Waals surface area contributed by atoms with Crippen molar-refractivity contribution in [1.82, 2.24) is 30.2 Å². The molecule has 11 heteroatoms. The number of nitrogens with zero attached hydrogens (tertiary/aromatic N) is 6. The van der Waals surface area contributed by atoms with Gasteiger partial charge in [-0.05, 0) is 59.9 Å². The first-order valence-electron chi connectivity index (χ1n) is 13.0. The van der Waals surface area contributed by atoms with Crippen molar-refractivity contribution in [2.24, 2.45) is 0 Å². The first-order chi connectivity index (χ1) is 18.7. The van der Waals surface area contributed by atoms with E-state index >= 15 is 4.39 Å². The lowest BCUT2D eigenvalue weighted by Crippen LogP contribution is -2.29. The number of halogens is 1. The molecule has 1 aromatic carbocycles. The van der Waals surface area contributed by atoms with E-state index in [0.29, 0.717) is 48.3 Å². The number of rotatable bonds is 9. The highest BCUT2D eigenvalue weighted by Gasteiger charge is 2.29. The fraction of sp³-hybridized carbons (Fsp3) is 0.429. The minimum Gasteiger partial charge on any atom is -0.491 e. The van der Waals surface area contributed by atoms with Gasteiger partial charge in [0.05, 0.1) is 41.0 Å². The molecule has 3 aromatic heterocycles. The van der Waals surface area contributed by atoms with Gasteiger partial charge in [-0.1, -0.05) is 5.16 Å². The number of anilines is 1. The number of aliphatic hydroxyl groups excluding tert-OH is 1. The average molecular weight is 536 g/mol. The predicted molar refractivity (Wildman–Crippen MR) is 145 cm³/mol. The van der Waals surface area contributed by atoms with E-state index in [9.17, 15) is 5.11 Å². The third-order valence-corrected chi connectivity index (χ3v) is 6.93. The number of aryl methyl sites for hydroxylation is 2. The van der Waals surface area contributed by atoms with Crippen molar-refractivity contribution in [2.45, 2.75) is 59.9 Å². The summed E-state index contributed by atoms with van der Waals surface area (Å²) in [6.07, 6.45) is 1.21. The zero-order chi connectivity index (χ0) is 27.8. The van der Waals surface area contributed by atoms with Crippen LogP contribution in [0, 0.1) is 26.6 Å². The molecule has 1 aliphatic heterocycles. The van der Waals surface area contributed by atoms with Crippen molar-refractivity contribution in [1.29, 1.82) is 0 Å². The molecule has 0 amide bonds. The molecule has 1 atom stereocenters. The van der Waals surface area contributed by atoms with Crippen molar-refractivity contribution in [3.63, 3.8) is 0 Å². The Morgan fingerprint density at radius 1 is 1.18 bits per heavy atom. The molecule has 2 N–H and O–H groups in total. The van der Waals surface area contributed by atoms with Crippen LogP contribution in [0.3, 0.4) is 0 Å². The predicted octanol–water partition coefficient (Wildman–Crippen LogP) is 4.12. The first kappa shape index (κ1) is 26.8. The van der Waals surface area contributed by atoms with Gasteiger partial charge in [0.1, 0.15) is 35.9 Å². The Kier molecular flexibility index (Phi) is 7.37. The molecule has 0 radical (unpaired) electrons. The van der Waals surface area contributed by atoms with Crippen molar-refractivity contribution in [3.05, 3.63) is 58.5 Å². The number of fused-ring (bicyclic) bond motifs is 1. The number of aliphatic hydroxyl groups is 1. The molecule has 0 spiro atoms. The van der Waals surface area contributed by atoms with Crippen molar-refractivity contribution in [2.75, 3.05) is 25.1 Å². The van der Waals surface area contributed by atoms with E-state index in [1.54, 1.807) is 13.1 Å². The van der Waals surface area contributed by atoms with E-state index in [4.69, 9.17) is 19.2 Å². The summed E-state index contributed by atoms with van der Waals surface area (Å²) >= 11 is 0. The first-order valence-corrected chi connectivity index (χ1v) is 13.0. The lowest BCUT2D eigenvalue weighted by atomic mass is 10.0. The molecule has 0 saturated carbocycles. The largest absolute Gasteiger partial charge is 0.491 e. The summed E-state index contributed by atoms with van der Waals surface area (Å²) in [6, 6.07) is 4.67. The summed E-state index contributed by atoms with van der Waals surface area (Å²) in [5.41, 5.74) is 5.45. The van der Waals surface area contributed by atoms with Crippen molar-refractivity contribution < 1.29 is 18.8 Å². The van der Waals surface area contributed by atoms with Crippen LogP contribution in [0.4, 0.5) is 10.2 Å². The quantitative estimate of drug-likeness (QED) is 0.327. The monoisotopic (exact) mass is 535 g/mol. The lowest BCUT2D eigenvalue weighted by Gasteiger charge is -2.22. The zero-order valence-corrected chi connectivity index (χ0v) is 23.1. The molecule has 4 aromatic rings. The molecular formula is C28H34FN7O3. The van der Waals surface area contributed by atoms with Gasteiger partial charge in [0.15, 0.2) is 5.82 Å². The van der Waals surface area contributed by atoms with E-state index in [1.165, 1.54) is 12.1 Å². The maximum Gasteiger partial charge on any atom is 0.165 e. The third-order valence-electron chi connectivity index (χ3n) is 6.93. The summed E-state index contributed by atoms with van der Waals surface area (Å²) in [7, 11) is 1.75. The molecular weight excluding hydrogens is 501 g/mol. The maximum atomic E-state index is 15.3. The third kappa shape index (κ3) is 5.11. The summed E-state index contributed by atoms with van der Waals surface area (Å²) in [4.78, 5) is 11.9. The van der Waals surface area contributed by atoms with Crippen LogP contribution in [0.2, 0.25) is 0 Å². The van der Waals surface area contributed by atoms with Gasteiger partial charge in [-0.25, -0.2) is 14.4 Å². The number of nitrogens with one attached hydrogen (secondary N) is 1. The van der Waals surface area contributed by atoms with E-state index in [1.807, 2.05) is 31.6 Å². The van der Waals surface area contributed by atoms with Gasteiger partial charge in [-0.3, -0.25) is 4.68 Å². The average Bonchev–Trinajstić information content (AvgIpc) is 3.58. The molecule has 4 heterocycles. The second kappa shape index (κ2) is 10.7. The summed E-state index contributed by atoms with van der Waals surface area (Å²) in [5.74, 6) is 1.50. The van der Waals surface area contributed by atoms with Crippen LogP contribution in [-0.2, 0) is 13.1 Å². The Labute approximate surface area is 226 Å². The van der Waals surface area contributed by atoms with Crippen molar-refractivity contribution >= 4 is 5.82 Å². The van der Waals surface area contributed by atoms with E-state index < -0.39 is 11.9 Å². The highest BCUT2D eigenvalue weighted by atomic mass is 19.1. The second-order valence-electron chi connectivity index (χ2n) is 10.2. The molecule has 5 rings (SSSR count). The molecule has 0 saturated heterocycles. The van der Waals surface area contributed by atoms with Crippen LogP contribution in [0.5, 0.6) is 5.75 Å². The summed E-state index contributed by atoms with van der Waals surface area (Å²) < 4.78 is 28.5. The molecule has 10 nitrogen and oxygen atoms in total. The number of hydrogen-bond donors (Lipinski definition) is 2. The van der Waals surface area contributed by atoms with Crippen LogP contribution >= 0.6 is 0 Å². The normalized spacial score (nSPS) is 13.8. The van der Waals surface area contributed by atoms with E-state index in [-0.39, 0.29) is 24.0 Å². The summed E-state index contributed by atoms with van der Waals surface area (Å²) in [5, 5.41) is 21.6. The van der Waals surface area contributed by atoms with Crippen LogP contribution in [-0.4, -0.2) is 56.3 Å². The second-order valence-corrected chi connectivity index (χ2v) is 10.2. The Balaban J connectivity index is 1.60. The number of hydrogen-bond acceptors (Lipinski definition) is 9. The van der Waals surface area contributed by atoms with Gasteiger partial charge in [0.2, 0.25) is 0 Å². The van der Waals surface area contributed by atoms with Crippen LogP contribution in [0.25, 0.3) is 22.6 Å². The van der Waals surface area contributed by atoms with Gasteiger partial charge in [-0.15, -0.1) is 0 Å². The fourth-order valence-electron chi connectivity index (χ4n) is 5.02. The highest BCUT2D eigenvalue weighted by Crippen LogP contribution is 2.38. The Bertz CT molecular complexity index is 1480. The summed E-state index contributed by atoms with van der Waals surface area (Å²) in [6.45, 7) is 11.6. The van der Waals surface area contributed by atoms with Gasteiger partial charge >= 0.3 is 0 Å². The SMILES string of the molecule is CNC[C@@H](O)COc1ccc(F)c(-c2nc(-c3c(C)noc3C)c(C)c(N3Cc4cnn(C(C)C)c4C3)n2)c1. The molecule has 1 aliphatic rings. The molecule has 206 valence electrons. The van der Waals surface area contributed by atoms with E-state index in [0.717, 1.165) is 22.4 Å². The fourth-order valence-corrected chi connectivity index (χ4v) is 5.02. The Hall–Kier alpha value is -3.83. The number of benzene rings is 1. The number of likely N-dealkylation sites (N-methyl/N-ethyl adjacent to an activating group) is 1. The molecule has 0 bridgehead atoms. The maximum absolute atomic E-state index is 15.3. The van der Waals surface area contributed by atoms with Crippen molar-refractivity contribution in [3.8, 4) is 28.4 Å². The zero-order valence-electron chi connectivity index (χ0n) is 23.1. The number of ether oxygens (including phenoxy) is 1. The minimum absolute atomic E-state index is 0.0646. The Morgan fingerprint density at radius 3 is 2.67 bits per heavy atom. The smallest absolute Gasteiger partial charge is 0.165 e. The minimum atomic E-state index is -0.699. The van der Waals surface area contributed by atoms with Crippen LogP contribution < -0.4 is 15.0 Å². The lowest BCUT2D eigenvalue weighted by molar-refractivity contribution is 0.108.